The fraction of sp³-hybridized carbons (Fsp3) is 0.600. The molecule has 1 nitrogen and oxygen atoms in total. The van der Waals surface area contributed by atoms with Gasteiger partial charge >= 0.3 is 6.18 Å². The number of hydrogen-bond acceptors (Lipinski definition) is 2. The predicted octanol–water partition coefficient (Wildman–Crippen LogP) is 4.86. The normalized spacial score (nSPS) is 11.9. The van der Waals surface area contributed by atoms with E-state index in [1.807, 2.05) is 11.8 Å². The van der Waals surface area contributed by atoms with Gasteiger partial charge < -0.3 is 5.32 Å². The molecule has 0 aliphatic rings. The molecule has 0 aliphatic heterocycles. The molecule has 0 aromatic heterocycles. The van der Waals surface area contributed by atoms with Crippen LogP contribution in [0.5, 0.6) is 0 Å². The van der Waals surface area contributed by atoms with E-state index in [9.17, 15) is 17.6 Å². The van der Waals surface area contributed by atoms with Crippen LogP contribution in [0.25, 0.3) is 0 Å². The standard InChI is InChI=1S/C15H21F4NS/c1-21-9-5-3-2-4-8-20-11-12-6-7-14(16)13(10-12)15(17,18)19/h6-7,10,20H,2-5,8-9,11H2,1H3. The maximum Gasteiger partial charge on any atom is 0.419 e. The van der Waals surface area contributed by atoms with Crippen LogP contribution in [0.2, 0.25) is 0 Å². The summed E-state index contributed by atoms with van der Waals surface area (Å²) < 4.78 is 50.8. The van der Waals surface area contributed by atoms with Crippen LogP contribution in [-0.2, 0) is 12.7 Å². The molecular weight excluding hydrogens is 302 g/mol. The number of halogens is 4. The minimum atomic E-state index is -4.64. The number of nitrogens with one attached hydrogen (secondary N) is 1. The summed E-state index contributed by atoms with van der Waals surface area (Å²) in [6.07, 6.45) is 1.94. The number of hydrogen-bond donors (Lipinski definition) is 1. The Morgan fingerprint density at radius 1 is 1.10 bits per heavy atom. The highest BCUT2D eigenvalue weighted by Gasteiger charge is 2.34. The summed E-state index contributed by atoms with van der Waals surface area (Å²) in [5, 5.41) is 3.10. The van der Waals surface area contributed by atoms with Gasteiger partial charge in [-0.3, -0.25) is 0 Å². The van der Waals surface area contributed by atoms with Gasteiger partial charge in [-0.1, -0.05) is 18.9 Å². The van der Waals surface area contributed by atoms with Crippen LogP contribution in [0.1, 0.15) is 36.8 Å². The van der Waals surface area contributed by atoms with E-state index in [1.165, 1.54) is 24.7 Å². The smallest absolute Gasteiger partial charge is 0.313 e. The number of thioether (sulfide) groups is 1. The Hall–Kier alpha value is -0.750. The molecule has 21 heavy (non-hydrogen) atoms. The summed E-state index contributed by atoms with van der Waals surface area (Å²) in [5.74, 6) is -0.0523. The fourth-order valence-electron chi connectivity index (χ4n) is 1.98. The molecule has 1 aromatic carbocycles. The predicted molar refractivity (Wildman–Crippen MR) is 80.0 cm³/mol. The molecule has 1 N–H and O–H groups in total. The van der Waals surface area contributed by atoms with E-state index in [-0.39, 0.29) is 0 Å². The van der Waals surface area contributed by atoms with Crippen LogP contribution in [0.15, 0.2) is 18.2 Å². The number of alkyl halides is 3. The van der Waals surface area contributed by atoms with Crippen molar-refractivity contribution in [2.45, 2.75) is 38.4 Å². The highest BCUT2D eigenvalue weighted by atomic mass is 32.2. The Morgan fingerprint density at radius 2 is 1.81 bits per heavy atom. The molecule has 0 heterocycles. The second-order valence-electron chi connectivity index (χ2n) is 4.90. The van der Waals surface area contributed by atoms with Crippen molar-refractivity contribution in [1.82, 2.24) is 5.32 Å². The van der Waals surface area contributed by atoms with E-state index in [2.05, 4.69) is 11.6 Å². The Bertz CT molecular complexity index is 421. The lowest BCUT2D eigenvalue weighted by molar-refractivity contribution is -0.140. The average Bonchev–Trinajstić information content (AvgIpc) is 2.42. The van der Waals surface area contributed by atoms with Crippen molar-refractivity contribution in [1.29, 1.82) is 0 Å². The lowest BCUT2D eigenvalue weighted by atomic mass is 10.1. The number of unbranched alkanes of at least 4 members (excludes halogenated alkanes) is 3. The summed E-state index contributed by atoms with van der Waals surface area (Å²) in [6, 6.07) is 3.14. The Labute approximate surface area is 127 Å². The van der Waals surface area contributed by atoms with Crippen LogP contribution in [0.3, 0.4) is 0 Å². The molecule has 0 atom stereocenters. The zero-order valence-electron chi connectivity index (χ0n) is 12.1. The van der Waals surface area contributed by atoms with Crippen LogP contribution in [-0.4, -0.2) is 18.6 Å². The third-order valence-corrected chi connectivity index (χ3v) is 3.81. The van der Waals surface area contributed by atoms with Crippen molar-refractivity contribution in [3.05, 3.63) is 35.1 Å². The minimum Gasteiger partial charge on any atom is -0.313 e. The minimum absolute atomic E-state index is 0.328. The van der Waals surface area contributed by atoms with Gasteiger partial charge in [-0.05, 0) is 49.1 Å². The first-order chi connectivity index (χ1) is 9.95. The molecule has 0 saturated carbocycles. The first-order valence-electron chi connectivity index (χ1n) is 7.00. The van der Waals surface area contributed by atoms with Gasteiger partial charge in [-0.25, -0.2) is 4.39 Å². The Morgan fingerprint density at radius 3 is 2.48 bits per heavy atom. The molecule has 0 aliphatic carbocycles. The van der Waals surface area contributed by atoms with Gasteiger partial charge in [0, 0.05) is 6.54 Å². The van der Waals surface area contributed by atoms with Crippen molar-refractivity contribution < 1.29 is 17.6 Å². The molecule has 0 fully saturated rings. The van der Waals surface area contributed by atoms with Crippen molar-refractivity contribution in [3.8, 4) is 0 Å². The van der Waals surface area contributed by atoms with Crippen LogP contribution in [0.4, 0.5) is 17.6 Å². The van der Waals surface area contributed by atoms with Gasteiger partial charge in [-0.15, -0.1) is 0 Å². The maximum atomic E-state index is 13.1. The summed E-state index contributed by atoms with van der Waals surface area (Å²) in [7, 11) is 0. The molecule has 0 saturated heterocycles. The quantitative estimate of drug-likeness (QED) is 0.514. The van der Waals surface area contributed by atoms with Gasteiger partial charge in [0.2, 0.25) is 0 Å². The molecular formula is C15H21F4NS. The third kappa shape index (κ3) is 7.18. The molecule has 0 amide bonds. The van der Waals surface area contributed by atoms with E-state index in [1.54, 1.807) is 0 Å². The van der Waals surface area contributed by atoms with Crippen LogP contribution in [0, 0.1) is 5.82 Å². The number of rotatable bonds is 9. The average molecular weight is 323 g/mol. The summed E-state index contributed by atoms with van der Waals surface area (Å²) in [6.45, 7) is 1.09. The van der Waals surface area contributed by atoms with Gasteiger partial charge in [-0.2, -0.15) is 24.9 Å². The zero-order valence-corrected chi connectivity index (χ0v) is 12.9. The molecule has 6 heteroatoms. The van der Waals surface area contributed by atoms with E-state index in [0.29, 0.717) is 12.1 Å². The lowest BCUT2D eigenvalue weighted by Gasteiger charge is -2.10. The SMILES string of the molecule is CSCCCCCCNCc1ccc(F)c(C(F)(F)F)c1. The first kappa shape index (κ1) is 18.3. The molecule has 0 bridgehead atoms. The second-order valence-corrected chi connectivity index (χ2v) is 5.88. The largest absolute Gasteiger partial charge is 0.419 e. The van der Waals surface area contributed by atoms with Gasteiger partial charge in [0.25, 0.3) is 0 Å². The maximum absolute atomic E-state index is 13.1. The fourth-order valence-corrected chi connectivity index (χ4v) is 2.48. The molecule has 1 aromatic rings. The second kappa shape index (κ2) is 9.30. The van der Waals surface area contributed by atoms with Gasteiger partial charge in [0.15, 0.2) is 0 Å². The van der Waals surface area contributed by atoms with E-state index < -0.39 is 17.6 Å². The van der Waals surface area contributed by atoms with Crippen LogP contribution >= 0.6 is 11.8 Å². The van der Waals surface area contributed by atoms with E-state index in [4.69, 9.17) is 0 Å². The molecule has 120 valence electrons. The summed E-state index contributed by atoms with van der Waals surface area (Å²) in [5.41, 5.74) is -0.745. The van der Waals surface area contributed by atoms with Crippen LogP contribution < -0.4 is 5.32 Å². The van der Waals surface area contributed by atoms with Crippen molar-refractivity contribution in [2.24, 2.45) is 0 Å². The Kier molecular flexibility index (Phi) is 8.11. The zero-order chi connectivity index (χ0) is 15.7. The monoisotopic (exact) mass is 323 g/mol. The van der Waals surface area contributed by atoms with Gasteiger partial charge in [0.05, 0.1) is 5.56 Å². The Balaban J connectivity index is 2.30. The topological polar surface area (TPSA) is 12.0 Å². The van der Waals surface area contributed by atoms with Crippen molar-refractivity contribution >= 4 is 11.8 Å². The highest BCUT2D eigenvalue weighted by molar-refractivity contribution is 7.98. The molecule has 0 unspecified atom stereocenters. The van der Waals surface area contributed by atoms with Gasteiger partial charge in [0.1, 0.15) is 5.82 Å². The first-order valence-corrected chi connectivity index (χ1v) is 8.40. The highest BCUT2D eigenvalue weighted by Crippen LogP contribution is 2.31. The van der Waals surface area contributed by atoms with Crippen molar-refractivity contribution in [3.63, 3.8) is 0 Å². The van der Waals surface area contributed by atoms with E-state index in [0.717, 1.165) is 31.5 Å². The number of benzene rings is 1. The lowest BCUT2D eigenvalue weighted by Crippen LogP contribution is -2.16. The van der Waals surface area contributed by atoms with Crippen molar-refractivity contribution in [2.75, 3.05) is 18.6 Å². The molecule has 1 rings (SSSR count). The van der Waals surface area contributed by atoms with E-state index >= 15 is 0 Å². The third-order valence-electron chi connectivity index (χ3n) is 3.12. The summed E-state index contributed by atoms with van der Waals surface area (Å²) >= 11 is 1.83. The summed E-state index contributed by atoms with van der Waals surface area (Å²) in [4.78, 5) is 0. The molecule has 0 radical (unpaired) electrons. The molecule has 0 spiro atoms.